The minimum Gasteiger partial charge on any atom is -0.497 e. The number of nitrogens with zero attached hydrogens (tertiary/aromatic N) is 3. The van der Waals surface area contributed by atoms with Gasteiger partial charge in [0, 0.05) is 10.9 Å². The molecule has 0 spiro atoms. The highest BCUT2D eigenvalue weighted by Gasteiger charge is 2.17. The highest BCUT2D eigenvalue weighted by molar-refractivity contribution is 7.99. The number of methoxy groups -OCH3 is 1. The number of fused-ring (bicyclic) bond motifs is 1. The first kappa shape index (κ1) is 24.7. The van der Waals surface area contributed by atoms with Crippen LogP contribution in [-0.4, -0.2) is 33.3 Å². The molecule has 0 saturated heterocycles. The summed E-state index contributed by atoms with van der Waals surface area (Å²) in [7, 11) is 1.62. The highest BCUT2D eigenvalue weighted by atomic mass is 32.2. The third-order valence-corrected chi connectivity index (χ3v) is 7.73. The van der Waals surface area contributed by atoms with E-state index in [4.69, 9.17) is 9.72 Å². The van der Waals surface area contributed by atoms with Crippen molar-refractivity contribution in [2.24, 2.45) is 0 Å². The maximum Gasteiger partial charge on any atom is 0.266 e. The van der Waals surface area contributed by atoms with E-state index in [-0.39, 0.29) is 17.2 Å². The van der Waals surface area contributed by atoms with Crippen LogP contribution in [0, 0.1) is 13.8 Å². The zero-order valence-corrected chi connectivity index (χ0v) is 22.2. The molecular weight excluding hydrogens is 504 g/mol. The van der Waals surface area contributed by atoms with Crippen LogP contribution in [-0.2, 0) is 4.79 Å². The van der Waals surface area contributed by atoms with Gasteiger partial charge in [0.05, 0.1) is 35.1 Å². The van der Waals surface area contributed by atoms with Gasteiger partial charge in [-0.05, 0) is 67.4 Å². The molecule has 7 nitrogen and oxygen atoms in total. The van der Waals surface area contributed by atoms with Crippen LogP contribution in [0.25, 0.3) is 27.8 Å². The Bertz CT molecular complexity index is 1660. The summed E-state index contributed by atoms with van der Waals surface area (Å²) in [4.78, 5) is 35.6. The number of hydrogen-bond donors (Lipinski definition) is 1. The maximum absolute atomic E-state index is 13.5. The third-order valence-electron chi connectivity index (χ3n) is 6.03. The van der Waals surface area contributed by atoms with Gasteiger partial charge in [-0.1, -0.05) is 36.0 Å². The molecule has 0 saturated carbocycles. The summed E-state index contributed by atoms with van der Waals surface area (Å²) in [6, 6.07) is 20.7. The first-order valence-electron chi connectivity index (χ1n) is 11.6. The number of thioether (sulfide) groups is 1. The van der Waals surface area contributed by atoms with E-state index in [2.05, 4.69) is 10.3 Å². The number of carbonyl (C=O) groups is 1. The molecule has 0 aliphatic rings. The van der Waals surface area contributed by atoms with E-state index in [0.717, 1.165) is 33.8 Å². The topological polar surface area (TPSA) is 86.1 Å². The largest absolute Gasteiger partial charge is 0.497 e. The van der Waals surface area contributed by atoms with Gasteiger partial charge in [-0.25, -0.2) is 9.97 Å². The van der Waals surface area contributed by atoms with Crippen molar-refractivity contribution in [1.82, 2.24) is 14.5 Å². The van der Waals surface area contributed by atoms with Gasteiger partial charge >= 0.3 is 0 Å². The molecule has 3 aromatic carbocycles. The molecule has 5 rings (SSSR count). The van der Waals surface area contributed by atoms with Crippen LogP contribution in [0.1, 0.15) is 11.1 Å². The quantitative estimate of drug-likeness (QED) is 0.210. The van der Waals surface area contributed by atoms with Crippen LogP contribution in [0.5, 0.6) is 5.75 Å². The van der Waals surface area contributed by atoms with Crippen molar-refractivity contribution in [1.29, 1.82) is 0 Å². The van der Waals surface area contributed by atoms with Crippen molar-refractivity contribution in [2.75, 3.05) is 18.2 Å². The molecule has 2 aromatic heterocycles. The summed E-state index contributed by atoms with van der Waals surface area (Å²) in [5.74, 6) is 0.620. The fraction of sp³-hybridized carbons (Fsp3) is 0.143. The average molecular weight is 529 g/mol. The normalized spacial score (nSPS) is 11.0. The number of anilines is 1. The number of nitrogens with one attached hydrogen (secondary N) is 1. The summed E-state index contributed by atoms with van der Waals surface area (Å²) in [5.41, 5.74) is 4.97. The van der Waals surface area contributed by atoms with Crippen LogP contribution in [0.2, 0.25) is 0 Å². The van der Waals surface area contributed by atoms with E-state index in [1.807, 2.05) is 79.9 Å². The number of aromatic nitrogens is 3. The molecule has 1 N–H and O–H groups in total. The van der Waals surface area contributed by atoms with Gasteiger partial charge in [0.1, 0.15) is 5.75 Å². The lowest BCUT2D eigenvalue weighted by atomic mass is 10.1. The third kappa shape index (κ3) is 5.14. The first-order chi connectivity index (χ1) is 17.9. The van der Waals surface area contributed by atoms with Crippen molar-refractivity contribution < 1.29 is 9.53 Å². The van der Waals surface area contributed by atoms with Gasteiger partial charge in [0.25, 0.3) is 5.56 Å². The van der Waals surface area contributed by atoms with Crippen molar-refractivity contribution in [3.63, 3.8) is 0 Å². The second-order valence-corrected chi connectivity index (χ2v) is 10.2. The molecule has 0 radical (unpaired) electrons. The lowest BCUT2D eigenvalue weighted by Crippen LogP contribution is -2.23. The SMILES string of the molecule is COc1ccc(-c2csc(NC(=O)CSc3nc4ccccc4c(=O)n3-c3cccc(C)c3C)n2)cc1. The van der Waals surface area contributed by atoms with Crippen LogP contribution in [0.4, 0.5) is 5.13 Å². The molecule has 0 aliphatic carbocycles. The Morgan fingerprint density at radius 2 is 1.81 bits per heavy atom. The highest BCUT2D eigenvalue weighted by Crippen LogP contribution is 2.28. The van der Waals surface area contributed by atoms with Gasteiger partial charge in [0.2, 0.25) is 5.91 Å². The zero-order valence-electron chi connectivity index (χ0n) is 20.5. The standard InChI is InChI=1S/C28H24N4O3S2/c1-17-7-6-10-24(18(17)2)32-26(34)21-8-4-5-9-22(21)30-28(32)37-16-25(33)31-27-29-23(15-36-27)19-11-13-20(35-3)14-12-19/h4-15H,16H2,1-3H3,(H,29,31,33). The summed E-state index contributed by atoms with van der Waals surface area (Å²) in [5, 5.41) is 6.27. The Hall–Kier alpha value is -3.95. The van der Waals surface area contributed by atoms with E-state index >= 15 is 0 Å². The summed E-state index contributed by atoms with van der Waals surface area (Å²) in [6.45, 7) is 3.99. The Labute approximate surface area is 222 Å². The molecule has 1 amide bonds. The number of thiazole rings is 1. The Morgan fingerprint density at radius 1 is 1.03 bits per heavy atom. The van der Waals surface area contributed by atoms with Gasteiger partial charge in [-0.3, -0.25) is 14.2 Å². The van der Waals surface area contributed by atoms with Crippen LogP contribution >= 0.6 is 23.1 Å². The molecule has 0 bridgehead atoms. The number of para-hydroxylation sites is 1. The van der Waals surface area contributed by atoms with E-state index in [9.17, 15) is 9.59 Å². The van der Waals surface area contributed by atoms with Crippen LogP contribution in [0.15, 0.2) is 82.1 Å². The van der Waals surface area contributed by atoms with Gasteiger partial charge in [0.15, 0.2) is 10.3 Å². The Morgan fingerprint density at radius 3 is 2.59 bits per heavy atom. The molecular formula is C28H24N4O3S2. The number of aryl methyl sites for hydroxylation is 1. The number of benzene rings is 3. The predicted octanol–water partition coefficient (Wildman–Crippen LogP) is 5.87. The predicted molar refractivity (Wildman–Crippen MR) is 150 cm³/mol. The summed E-state index contributed by atoms with van der Waals surface area (Å²) < 4.78 is 6.81. The van der Waals surface area contributed by atoms with Gasteiger partial charge < -0.3 is 10.1 Å². The monoisotopic (exact) mass is 528 g/mol. The van der Waals surface area contributed by atoms with E-state index in [0.29, 0.717) is 21.2 Å². The fourth-order valence-electron chi connectivity index (χ4n) is 3.91. The Kier molecular flexibility index (Phi) is 7.07. The molecule has 2 heterocycles. The molecule has 0 atom stereocenters. The van der Waals surface area contributed by atoms with Crippen LogP contribution < -0.4 is 15.6 Å². The van der Waals surface area contributed by atoms with E-state index in [1.54, 1.807) is 17.7 Å². The lowest BCUT2D eigenvalue weighted by molar-refractivity contribution is -0.113. The Balaban J connectivity index is 1.38. The number of ether oxygens (including phenoxy) is 1. The van der Waals surface area contributed by atoms with Gasteiger partial charge in [-0.2, -0.15) is 0 Å². The molecule has 5 aromatic rings. The molecule has 0 fully saturated rings. The molecule has 9 heteroatoms. The minimum atomic E-state index is -0.226. The van der Waals surface area contributed by atoms with E-state index < -0.39 is 0 Å². The van der Waals surface area contributed by atoms with Crippen molar-refractivity contribution in [3.8, 4) is 22.7 Å². The molecule has 37 heavy (non-hydrogen) atoms. The van der Waals surface area contributed by atoms with Crippen molar-refractivity contribution in [2.45, 2.75) is 19.0 Å². The van der Waals surface area contributed by atoms with Crippen molar-refractivity contribution >= 4 is 45.0 Å². The number of amides is 1. The maximum atomic E-state index is 13.5. The molecule has 186 valence electrons. The second-order valence-electron chi connectivity index (χ2n) is 8.37. The summed E-state index contributed by atoms with van der Waals surface area (Å²) in [6.07, 6.45) is 0. The fourth-order valence-corrected chi connectivity index (χ4v) is 5.45. The van der Waals surface area contributed by atoms with Crippen molar-refractivity contribution in [3.05, 3.63) is 93.6 Å². The first-order valence-corrected chi connectivity index (χ1v) is 13.4. The van der Waals surface area contributed by atoms with Gasteiger partial charge in [-0.15, -0.1) is 11.3 Å². The smallest absolute Gasteiger partial charge is 0.266 e. The minimum absolute atomic E-state index is 0.0765. The summed E-state index contributed by atoms with van der Waals surface area (Å²) >= 11 is 2.58. The zero-order chi connectivity index (χ0) is 25.9. The molecule has 0 unspecified atom stereocenters. The average Bonchev–Trinajstić information content (AvgIpc) is 3.38. The second kappa shape index (κ2) is 10.6. The van der Waals surface area contributed by atoms with E-state index in [1.165, 1.54) is 23.1 Å². The number of rotatable bonds is 7. The number of hydrogen-bond acceptors (Lipinski definition) is 7. The number of carbonyl (C=O) groups excluding carboxylic acids is 1. The molecule has 0 aliphatic heterocycles. The van der Waals surface area contributed by atoms with Crippen LogP contribution in [0.3, 0.4) is 0 Å². The lowest BCUT2D eigenvalue weighted by Gasteiger charge is -2.16.